The average Bonchev–Trinajstić information content (AvgIpc) is 2.74. The van der Waals surface area contributed by atoms with E-state index < -0.39 is 0 Å². The molecular formula is C28H28. The van der Waals surface area contributed by atoms with E-state index >= 15 is 0 Å². The molecule has 4 aromatic rings. The molecule has 0 aliphatic heterocycles. The van der Waals surface area contributed by atoms with E-state index in [4.69, 9.17) is 0 Å². The summed E-state index contributed by atoms with van der Waals surface area (Å²) >= 11 is 0. The lowest BCUT2D eigenvalue weighted by Gasteiger charge is -2.28. The molecule has 0 radical (unpaired) electrons. The van der Waals surface area contributed by atoms with Crippen molar-refractivity contribution in [2.45, 2.75) is 52.4 Å². The number of aryl methyl sites for hydroxylation is 2. The van der Waals surface area contributed by atoms with E-state index in [1.165, 1.54) is 58.4 Å². The highest BCUT2D eigenvalue weighted by atomic mass is 14.3. The van der Waals surface area contributed by atoms with Crippen molar-refractivity contribution in [2.75, 3.05) is 0 Å². The van der Waals surface area contributed by atoms with Gasteiger partial charge in [-0.25, -0.2) is 0 Å². The van der Waals surface area contributed by atoms with Crippen LogP contribution in [0.25, 0.3) is 21.5 Å². The first-order valence-electron chi connectivity index (χ1n) is 10.8. The van der Waals surface area contributed by atoms with Crippen LogP contribution in [0.15, 0.2) is 60.7 Å². The first-order chi connectivity index (χ1) is 13.8. The Hall–Kier alpha value is -2.60. The molecule has 0 saturated heterocycles. The zero-order chi connectivity index (χ0) is 19.1. The van der Waals surface area contributed by atoms with Gasteiger partial charge < -0.3 is 0 Å². The molecule has 0 N–H and O–H groups in total. The second-order valence-corrected chi connectivity index (χ2v) is 8.28. The van der Waals surface area contributed by atoms with Gasteiger partial charge in [-0.3, -0.25) is 0 Å². The fourth-order valence-electron chi connectivity index (χ4n) is 5.21. The molecule has 0 saturated carbocycles. The summed E-state index contributed by atoms with van der Waals surface area (Å²) in [5, 5.41) is 5.74. The molecule has 0 atom stereocenters. The van der Waals surface area contributed by atoms with Crippen LogP contribution in [0.3, 0.4) is 0 Å². The average molecular weight is 365 g/mol. The van der Waals surface area contributed by atoms with Gasteiger partial charge in [-0.05, 0) is 92.7 Å². The Morgan fingerprint density at radius 1 is 0.607 bits per heavy atom. The summed E-state index contributed by atoms with van der Waals surface area (Å²) < 4.78 is 0. The third-order valence-corrected chi connectivity index (χ3v) is 6.48. The predicted octanol–water partition coefficient (Wildman–Crippen LogP) is 7.39. The third-order valence-electron chi connectivity index (χ3n) is 6.48. The van der Waals surface area contributed by atoms with Crippen molar-refractivity contribution < 1.29 is 0 Å². The highest BCUT2D eigenvalue weighted by molar-refractivity contribution is 6.02. The van der Waals surface area contributed by atoms with Crippen molar-refractivity contribution in [2.24, 2.45) is 0 Å². The fourth-order valence-corrected chi connectivity index (χ4v) is 5.21. The number of hydrogen-bond donors (Lipinski definition) is 0. The Morgan fingerprint density at radius 2 is 1.04 bits per heavy atom. The predicted molar refractivity (Wildman–Crippen MR) is 121 cm³/mol. The lowest BCUT2D eigenvalue weighted by atomic mass is 9.76. The highest BCUT2D eigenvalue weighted by Gasteiger charge is 2.23. The van der Waals surface area contributed by atoms with E-state index in [9.17, 15) is 0 Å². The monoisotopic (exact) mass is 364 g/mol. The van der Waals surface area contributed by atoms with Crippen LogP contribution in [-0.2, 0) is 25.7 Å². The number of benzene rings is 4. The van der Waals surface area contributed by atoms with Crippen molar-refractivity contribution in [1.29, 1.82) is 0 Å². The zero-order valence-corrected chi connectivity index (χ0v) is 17.0. The van der Waals surface area contributed by atoms with E-state index in [-0.39, 0.29) is 0 Å². The van der Waals surface area contributed by atoms with Gasteiger partial charge in [0.1, 0.15) is 0 Å². The maximum Gasteiger partial charge on any atom is -0.00170 e. The number of hydrogen-bond acceptors (Lipinski definition) is 0. The van der Waals surface area contributed by atoms with E-state index in [2.05, 4.69) is 74.5 Å². The van der Waals surface area contributed by atoms with Crippen molar-refractivity contribution in [3.8, 4) is 0 Å². The normalized spacial score (nSPS) is 12.9. The van der Waals surface area contributed by atoms with Gasteiger partial charge >= 0.3 is 0 Å². The van der Waals surface area contributed by atoms with Crippen LogP contribution in [0.4, 0.5) is 0 Å². The SMILES string of the molecule is CCCc1c2c(c(CCC)c3cc4ccccc4cc13)Cc1ccccc1C2. The standard InChI is InChI=1S/C28H28/c1-3-9-23-25-15-19-11-5-7-13-21(19)17-27(25)24(10-4-2)28-18-22-14-8-6-12-20(22)16-26(23)28/h5-8,11-15,17H,3-4,9-10,16,18H2,1-2H3. The maximum absolute atomic E-state index is 2.47. The molecule has 0 heterocycles. The van der Waals surface area contributed by atoms with Crippen LogP contribution in [0.2, 0.25) is 0 Å². The molecule has 28 heavy (non-hydrogen) atoms. The van der Waals surface area contributed by atoms with Gasteiger partial charge in [0, 0.05) is 0 Å². The summed E-state index contributed by atoms with van der Waals surface area (Å²) in [6.45, 7) is 4.63. The molecule has 0 nitrogen and oxygen atoms in total. The third kappa shape index (κ3) is 2.75. The lowest BCUT2D eigenvalue weighted by Crippen LogP contribution is -2.14. The molecule has 0 spiro atoms. The quantitative estimate of drug-likeness (QED) is 0.292. The Bertz CT molecular complexity index is 1090. The minimum Gasteiger partial charge on any atom is -0.0651 e. The Labute approximate surface area is 168 Å². The summed E-state index contributed by atoms with van der Waals surface area (Å²) in [6, 6.07) is 22.8. The zero-order valence-electron chi connectivity index (χ0n) is 17.0. The molecule has 140 valence electrons. The topological polar surface area (TPSA) is 0 Å². The van der Waals surface area contributed by atoms with Gasteiger partial charge in [0.2, 0.25) is 0 Å². The summed E-state index contributed by atoms with van der Waals surface area (Å²) in [6.07, 6.45) is 6.93. The molecule has 0 bridgehead atoms. The van der Waals surface area contributed by atoms with Gasteiger partial charge in [-0.2, -0.15) is 0 Å². The summed E-state index contributed by atoms with van der Waals surface area (Å²) in [7, 11) is 0. The van der Waals surface area contributed by atoms with E-state index in [1.54, 1.807) is 22.3 Å². The van der Waals surface area contributed by atoms with Gasteiger partial charge in [-0.1, -0.05) is 75.2 Å². The van der Waals surface area contributed by atoms with Crippen LogP contribution in [0.5, 0.6) is 0 Å². The molecule has 4 aromatic carbocycles. The molecule has 0 fully saturated rings. The van der Waals surface area contributed by atoms with Gasteiger partial charge in [0.05, 0.1) is 0 Å². The van der Waals surface area contributed by atoms with Gasteiger partial charge in [0.25, 0.3) is 0 Å². The van der Waals surface area contributed by atoms with Crippen LogP contribution in [-0.4, -0.2) is 0 Å². The molecule has 0 unspecified atom stereocenters. The second-order valence-electron chi connectivity index (χ2n) is 8.28. The molecule has 1 aliphatic carbocycles. The molecule has 0 amide bonds. The van der Waals surface area contributed by atoms with Crippen LogP contribution in [0.1, 0.15) is 60.1 Å². The summed E-state index contributed by atoms with van der Waals surface area (Å²) in [5.41, 5.74) is 9.52. The van der Waals surface area contributed by atoms with Crippen molar-refractivity contribution >= 4 is 21.5 Å². The number of rotatable bonds is 4. The van der Waals surface area contributed by atoms with Crippen molar-refractivity contribution in [1.82, 2.24) is 0 Å². The van der Waals surface area contributed by atoms with Crippen molar-refractivity contribution in [3.05, 3.63) is 94.0 Å². The molecule has 0 heteroatoms. The highest BCUT2D eigenvalue weighted by Crippen LogP contribution is 2.40. The lowest BCUT2D eigenvalue weighted by molar-refractivity contribution is 0.863. The number of fused-ring (bicyclic) bond motifs is 4. The molecule has 0 aromatic heterocycles. The summed E-state index contributed by atoms with van der Waals surface area (Å²) in [4.78, 5) is 0. The van der Waals surface area contributed by atoms with Crippen LogP contribution in [0, 0.1) is 0 Å². The first kappa shape index (κ1) is 17.5. The summed E-state index contributed by atoms with van der Waals surface area (Å²) in [5.74, 6) is 0. The van der Waals surface area contributed by atoms with Crippen molar-refractivity contribution in [3.63, 3.8) is 0 Å². The van der Waals surface area contributed by atoms with Gasteiger partial charge in [0.15, 0.2) is 0 Å². The van der Waals surface area contributed by atoms with E-state index in [0.29, 0.717) is 0 Å². The Kier molecular flexibility index (Phi) is 4.43. The smallest absolute Gasteiger partial charge is 0.00170 e. The maximum atomic E-state index is 2.47. The van der Waals surface area contributed by atoms with Crippen LogP contribution < -0.4 is 0 Å². The largest absolute Gasteiger partial charge is 0.0651 e. The minimum atomic E-state index is 1.10. The second kappa shape index (κ2) is 7.09. The van der Waals surface area contributed by atoms with E-state index in [1.807, 2.05) is 0 Å². The van der Waals surface area contributed by atoms with Crippen LogP contribution >= 0.6 is 0 Å². The van der Waals surface area contributed by atoms with E-state index in [0.717, 1.165) is 12.8 Å². The first-order valence-corrected chi connectivity index (χ1v) is 10.8. The minimum absolute atomic E-state index is 1.10. The van der Waals surface area contributed by atoms with Gasteiger partial charge in [-0.15, -0.1) is 0 Å². The molecule has 1 aliphatic rings. The Balaban J connectivity index is 1.87. The fraction of sp³-hybridized carbons (Fsp3) is 0.286. The Morgan fingerprint density at radius 3 is 1.46 bits per heavy atom. The molecule has 5 rings (SSSR count). The molecular weight excluding hydrogens is 336 g/mol.